The number of rotatable bonds is 3. The molecule has 0 aliphatic carbocycles. The molecule has 1 aromatic heterocycles. The van der Waals surface area contributed by atoms with Crippen LogP contribution in [0.3, 0.4) is 0 Å². The molecular formula is C19H16S. The summed E-state index contributed by atoms with van der Waals surface area (Å²) in [6, 6.07) is 17.1. The number of fused-ring (bicyclic) bond motifs is 1. The average molecular weight is 276 g/mol. The van der Waals surface area contributed by atoms with E-state index < -0.39 is 0 Å². The third-order valence-corrected chi connectivity index (χ3v) is 4.78. The van der Waals surface area contributed by atoms with Gasteiger partial charge >= 0.3 is 0 Å². The molecule has 0 aliphatic rings. The molecule has 3 rings (SSSR count). The SMILES string of the molecule is C=C/C=C\c1sc2c(-c3ccccc3)cccc2c1C. The Hall–Kier alpha value is -2.12. The molecule has 0 saturated heterocycles. The maximum atomic E-state index is 3.74. The van der Waals surface area contributed by atoms with Gasteiger partial charge in [-0.1, -0.05) is 67.3 Å². The summed E-state index contributed by atoms with van der Waals surface area (Å²) in [6.45, 7) is 5.93. The van der Waals surface area contributed by atoms with E-state index in [1.54, 1.807) is 0 Å². The molecule has 20 heavy (non-hydrogen) atoms. The van der Waals surface area contributed by atoms with Crippen LogP contribution in [0.5, 0.6) is 0 Å². The molecule has 0 aliphatic heterocycles. The highest BCUT2D eigenvalue weighted by atomic mass is 32.1. The Kier molecular flexibility index (Phi) is 3.53. The summed E-state index contributed by atoms with van der Waals surface area (Å²) < 4.78 is 1.36. The van der Waals surface area contributed by atoms with Crippen LogP contribution in [0, 0.1) is 6.92 Å². The van der Waals surface area contributed by atoms with Crippen molar-refractivity contribution < 1.29 is 0 Å². The molecular weight excluding hydrogens is 260 g/mol. The Balaban J connectivity index is 2.25. The maximum Gasteiger partial charge on any atom is 0.0430 e. The molecule has 0 bridgehead atoms. The normalized spacial score (nSPS) is 11.2. The Morgan fingerprint density at radius 3 is 2.55 bits per heavy atom. The van der Waals surface area contributed by atoms with E-state index in [9.17, 15) is 0 Å². The summed E-state index contributed by atoms with van der Waals surface area (Å²) >= 11 is 1.85. The fraction of sp³-hybridized carbons (Fsp3) is 0.0526. The van der Waals surface area contributed by atoms with Crippen LogP contribution in [0.15, 0.2) is 67.3 Å². The highest BCUT2D eigenvalue weighted by molar-refractivity contribution is 7.20. The molecule has 0 saturated carbocycles. The van der Waals surface area contributed by atoms with Gasteiger partial charge in [0.1, 0.15) is 0 Å². The molecule has 1 heterocycles. The van der Waals surface area contributed by atoms with Crippen LogP contribution in [0.25, 0.3) is 27.3 Å². The second-order valence-corrected chi connectivity index (χ2v) is 5.79. The molecule has 0 amide bonds. The minimum absolute atomic E-state index is 1.28. The van der Waals surface area contributed by atoms with Gasteiger partial charge in [0.2, 0.25) is 0 Å². The van der Waals surface area contributed by atoms with Crippen LogP contribution in [0.1, 0.15) is 10.4 Å². The van der Waals surface area contributed by atoms with E-state index >= 15 is 0 Å². The molecule has 98 valence electrons. The van der Waals surface area contributed by atoms with Gasteiger partial charge in [-0.15, -0.1) is 11.3 Å². The number of thiophene rings is 1. The lowest BCUT2D eigenvalue weighted by Gasteiger charge is -2.03. The van der Waals surface area contributed by atoms with Gasteiger partial charge in [-0.3, -0.25) is 0 Å². The van der Waals surface area contributed by atoms with Crippen LogP contribution >= 0.6 is 11.3 Å². The molecule has 3 aromatic rings. The van der Waals surface area contributed by atoms with Crippen LogP contribution < -0.4 is 0 Å². The Morgan fingerprint density at radius 2 is 1.80 bits per heavy atom. The van der Waals surface area contributed by atoms with Gasteiger partial charge in [-0.2, -0.15) is 0 Å². The Bertz CT molecular complexity index is 776. The largest absolute Gasteiger partial charge is 0.135 e. The van der Waals surface area contributed by atoms with Gasteiger partial charge in [0.15, 0.2) is 0 Å². The molecule has 0 nitrogen and oxygen atoms in total. The van der Waals surface area contributed by atoms with E-state index in [-0.39, 0.29) is 0 Å². The van der Waals surface area contributed by atoms with E-state index in [0.717, 1.165) is 0 Å². The number of aryl methyl sites for hydroxylation is 1. The zero-order valence-electron chi connectivity index (χ0n) is 11.5. The summed E-state index contributed by atoms with van der Waals surface area (Å²) in [7, 11) is 0. The third kappa shape index (κ3) is 2.21. The van der Waals surface area contributed by atoms with E-state index in [4.69, 9.17) is 0 Å². The maximum absolute atomic E-state index is 3.74. The van der Waals surface area contributed by atoms with E-state index in [0.29, 0.717) is 0 Å². The standard InChI is InChI=1S/C19H16S/c1-3-4-13-18-14(2)16-11-8-12-17(19(16)20-18)15-9-6-5-7-10-15/h3-13H,1H2,2H3/b13-4-. The van der Waals surface area contributed by atoms with Crippen molar-refractivity contribution >= 4 is 27.5 Å². The van der Waals surface area contributed by atoms with Crippen LogP contribution in [-0.2, 0) is 0 Å². The summed E-state index contributed by atoms with van der Waals surface area (Å²) in [5, 5.41) is 1.35. The fourth-order valence-corrected chi connectivity index (χ4v) is 3.68. The Labute approximate surface area is 123 Å². The quantitative estimate of drug-likeness (QED) is 0.509. The molecule has 0 N–H and O–H groups in total. The first-order chi connectivity index (χ1) is 9.81. The minimum atomic E-state index is 1.28. The van der Waals surface area contributed by atoms with Gasteiger partial charge in [0.25, 0.3) is 0 Å². The van der Waals surface area contributed by atoms with Crippen LogP contribution in [-0.4, -0.2) is 0 Å². The molecule has 0 spiro atoms. The van der Waals surface area contributed by atoms with Crippen molar-refractivity contribution in [2.45, 2.75) is 6.92 Å². The highest BCUT2D eigenvalue weighted by Crippen LogP contribution is 2.38. The second kappa shape index (κ2) is 5.48. The van der Waals surface area contributed by atoms with Gasteiger partial charge in [0, 0.05) is 9.58 Å². The fourth-order valence-electron chi connectivity index (χ4n) is 2.42. The lowest BCUT2D eigenvalue weighted by molar-refractivity contribution is 1.57. The molecule has 2 aromatic carbocycles. The van der Waals surface area contributed by atoms with Gasteiger partial charge < -0.3 is 0 Å². The predicted octanol–water partition coefficient (Wildman–Crippen LogP) is 6.08. The molecule has 1 heteroatoms. The van der Waals surface area contributed by atoms with Crippen molar-refractivity contribution in [3.63, 3.8) is 0 Å². The van der Waals surface area contributed by atoms with Gasteiger partial charge in [-0.25, -0.2) is 0 Å². The number of allylic oxidation sites excluding steroid dienone is 2. The van der Waals surface area contributed by atoms with Crippen LogP contribution in [0.4, 0.5) is 0 Å². The highest BCUT2D eigenvalue weighted by Gasteiger charge is 2.10. The number of benzene rings is 2. The van der Waals surface area contributed by atoms with Gasteiger partial charge in [-0.05, 0) is 35.1 Å². The molecule has 0 fully saturated rings. The number of hydrogen-bond donors (Lipinski definition) is 0. The molecule has 0 radical (unpaired) electrons. The molecule has 0 unspecified atom stereocenters. The summed E-state index contributed by atoms with van der Waals surface area (Å²) in [6.07, 6.45) is 5.96. The first-order valence-electron chi connectivity index (χ1n) is 6.68. The van der Waals surface area contributed by atoms with Crippen molar-refractivity contribution in [1.82, 2.24) is 0 Å². The zero-order chi connectivity index (χ0) is 13.9. The van der Waals surface area contributed by atoms with E-state index in [2.05, 4.69) is 68.1 Å². The first-order valence-corrected chi connectivity index (χ1v) is 7.49. The predicted molar refractivity (Wildman–Crippen MR) is 91.2 cm³/mol. The lowest BCUT2D eigenvalue weighted by atomic mass is 10.0. The van der Waals surface area contributed by atoms with Crippen molar-refractivity contribution in [3.8, 4) is 11.1 Å². The zero-order valence-corrected chi connectivity index (χ0v) is 12.3. The topological polar surface area (TPSA) is 0 Å². The monoisotopic (exact) mass is 276 g/mol. The lowest BCUT2D eigenvalue weighted by Crippen LogP contribution is -1.77. The number of hydrogen-bond acceptors (Lipinski definition) is 1. The first kappa shape index (κ1) is 12.9. The van der Waals surface area contributed by atoms with Crippen molar-refractivity contribution in [1.29, 1.82) is 0 Å². The van der Waals surface area contributed by atoms with Crippen molar-refractivity contribution in [2.75, 3.05) is 0 Å². The third-order valence-electron chi connectivity index (χ3n) is 3.47. The van der Waals surface area contributed by atoms with Crippen molar-refractivity contribution in [2.24, 2.45) is 0 Å². The van der Waals surface area contributed by atoms with Crippen molar-refractivity contribution in [3.05, 3.63) is 77.7 Å². The van der Waals surface area contributed by atoms with E-state index in [1.807, 2.05) is 23.5 Å². The summed E-state index contributed by atoms with van der Waals surface area (Å²) in [5.41, 5.74) is 3.94. The van der Waals surface area contributed by atoms with Crippen LogP contribution in [0.2, 0.25) is 0 Å². The Morgan fingerprint density at radius 1 is 1.00 bits per heavy atom. The van der Waals surface area contributed by atoms with E-state index in [1.165, 1.54) is 31.7 Å². The smallest absolute Gasteiger partial charge is 0.0430 e. The summed E-state index contributed by atoms with van der Waals surface area (Å²) in [5.74, 6) is 0. The second-order valence-electron chi connectivity index (χ2n) is 4.73. The molecule has 0 atom stereocenters. The summed E-state index contributed by atoms with van der Waals surface area (Å²) in [4.78, 5) is 1.31. The average Bonchev–Trinajstić information content (AvgIpc) is 2.83. The minimum Gasteiger partial charge on any atom is -0.135 e. The van der Waals surface area contributed by atoms with Gasteiger partial charge in [0.05, 0.1) is 0 Å².